The van der Waals surface area contributed by atoms with Crippen molar-refractivity contribution in [1.82, 2.24) is 9.97 Å². The summed E-state index contributed by atoms with van der Waals surface area (Å²) >= 11 is 3.22. The van der Waals surface area contributed by atoms with E-state index in [1.165, 1.54) is 21.6 Å². The maximum atomic E-state index is 12.2. The van der Waals surface area contributed by atoms with Crippen molar-refractivity contribution in [1.29, 1.82) is 0 Å². The Morgan fingerprint density at radius 2 is 0.871 bits per heavy atom. The van der Waals surface area contributed by atoms with E-state index in [0.717, 1.165) is 59.1 Å². The van der Waals surface area contributed by atoms with Crippen LogP contribution in [0.4, 0.5) is 37.7 Å². The van der Waals surface area contributed by atoms with Crippen LogP contribution >= 0.6 is 22.7 Å². The second-order valence-corrected chi connectivity index (χ2v) is 16.5. The average molecular weight is 879 g/mol. The molecule has 0 aliphatic carbocycles. The molecule has 2 heterocycles. The first kappa shape index (κ1) is 43.6. The highest BCUT2D eigenvalue weighted by Crippen LogP contribution is 2.33. The molecule has 3 N–H and O–H groups in total. The van der Waals surface area contributed by atoms with Crippen LogP contribution in [0.2, 0.25) is 0 Å². The molecule has 0 spiro atoms. The van der Waals surface area contributed by atoms with E-state index < -0.39 is 25.2 Å². The third-order valence-corrected chi connectivity index (χ3v) is 11.6. The van der Waals surface area contributed by atoms with Crippen molar-refractivity contribution < 1.29 is 31.4 Å². The minimum absolute atomic E-state index is 0.126. The van der Waals surface area contributed by atoms with Gasteiger partial charge in [0.2, 0.25) is 0 Å². The summed E-state index contributed by atoms with van der Waals surface area (Å²) in [5, 5.41) is 17.1. The number of hydrogen-bond donors (Lipinski definition) is 3. The molecule has 0 unspecified atom stereocenters. The first-order chi connectivity index (χ1) is 29.7. The minimum atomic E-state index is -4.15. The number of nitrogens with zero attached hydrogens (tertiary/aromatic N) is 2. The summed E-state index contributed by atoms with van der Waals surface area (Å²) in [5.74, 6) is 0.230. The van der Waals surface area contributed by atoms with E-state index in [1.54, 1.807) is 53.8 Å². The Bertz CT molecular complexity index is 2580. The summed E-state index contributed by atoms with van der Waals surface area (Å²) in [6.07, 6.45) is -2.07. The summed E-state index contributed by atoms with van der Waals surface area (Å²) < 4.78 is 75.4. The van der Waals surface area contributed by atoms with Gasteiger partial charge in [0.15, 0.2) is 0 Å². The highest BCUT2D eigenvalue weighted by atomic mass is 32.1. The van der Waals surface area contributed by atoms with Crippen LogP contribution in [0.15, 0.2) is 133 Å². The third kappa shape index (κ3) is 12.8. The van der Waals surface area contributed by atoms with Crippen LogP contribution in [0.5, 0.6) is 5.75 Å². The summed E-state index contributed by atoms with van der Waals surface area (Å²) in [5.41, 5.74) is 10.6. The van der Waals surface area contributed by atoms with Gasteiger partial charge >= 0.3 is 12.4 Å². The predicted octanol–water partition coefficient (Wildman–Crippen LogP) is 15.0. The van der Waals surface area contributed by atoms with Crippen LogP contribution in [-0.4, -0.2) is 40.5 Å². The number of fused-ring (bicyclic) bond motifs is 2. The molecule has 2 aromatic heterocycles. The number of aromatic nitrogens is 2. The number of aromatic hydroxyl groups is 1. The largest absolute Gasteiger partial charge is 0.508 e. The number of rotatable bonds is 12. The number of benzene rings is 6. The van der Waals surface area contributed by atoms with E-state index in [0.29, 0.717) is 11.4 Å². The molecular weight excluding hydrogens is 839 g/mol. The number of aryl methyl sites for hydroxylation is 1. The molecule has 13 heteroatoms. The van der Waals surface area contributed by atoms with E-state index in [2.05, 4.69) is 65.0 Å². The van der Waals surface area contributed by atoms with Gasteiger partial charge in [0.1, 0.15) is 15.8 Å². The zero-order valence-electron chi connectivity index (χ0n) is 33.3. The van der Waals surface area contributed by atoms with Gasteiger partial charge in [-0.05, 0) is 89.3 Å². The summed E-state index contributed by atoms with van der Waals surface area (Å²) in [4.78, 5) is 9.33. The lowest BCUT2D eigenvalue weighted by Crippen LogP contribution is -2.14. The predicted molar refractivity (Wildman–Crippen MR) is 246 cm³/mol. The molecule has 0 fully saturated rings. The second kappa shape index (κ2) is 19.5. The molecule has 0 saturated heterocycles. The van der Waals surface area contributed by atoms with Crippen molar-refractivity contribution >= 4 is 78.8 Å². The Labute approximate surface area is 362 Å². The smallest absolute Gasteiger partial charge is 0.390 e. The van der Waals surface area contributed by atoms with Crippen molar-refractivity contribution in [2.45, 2.75) is 32.1 Å². The number of thiazole rings is 2. The Kier molecular flexibility index (Phi) is 13.7. The summed E-state index contributed by atoms with van der Waals surface area (Å²) in [6.45, 7) is 1.82. The number of alkyl halides is 6. The SMILES string of the molecule is Cc1ccc2nc(-c3ccc(/C=C/c4ccc(NCCC(F)(F)F)cc4)cc3)sc2c1.Oc1ccc2nc(-c3ccc(/C=C/c4ccc(NCCC(F)(F)F)cc4)cc3)sc2c1. The highest BCUT2D eigenvalue weighted by Gasteiger charge is 2.26. The molecule has 316 valence electrons. The topological polar surface area (TPSA) is 70.1 Å². The number of anilines is 2. The van der Waals surface area contributed by atoms with Gasteiger partial charge in [-0.1, -0.05) is 103 Å². The lowest BCUT2D eigenvalue weighted by atomic mass is 10.1. The lowest BCUT2D eigenvalue weighted by molar-refractivity contribution is -0.132. The first-order valence-corrected chi connectivity index (χ1v) is 21.2. The standard InChI is InChI=1S/C25H21F3N2S.C24H19F3N2OS/c1-17-2-13-22-23(16-17)31-24(30-22)20-9-5-18(6-10-20)3-4-19-7-11-21(12-8-19)29-15-14-25(26,27)28;25-24(26,27)13-14-28-19-9-5-17(6-10-19)2-1-16-3-7-18(8-4-16)23-29-21-12-11-20(30)15-22(21)31-23/h2-13,16,29H,14-15H2,1H3;1-12,15,28,30H,13-14H2/b4-3+;2-1+. The van der Waals surface area contributed by atoms with E-state index in [9.17, 15) is 31.4 Å². The van der Waals surface area contributed by atoms with Gasteiger partial charge in [-0.15, -0.1) is 22.7 Å². The maximum Gasteiger partial charge on any atom is 0.390 e. The van der Waals surface area contributed by atoms with Crippen LogP contribution in [0.25, 0.3) is 65.9 Å². The van der Waals surface area contributed by atoms with Crippen molar-refractivity contribution in [2.24, 2.45) is 0 Å². The summed E-state index contributed by atoms with van der Waals surface area (Å²) in [6, 6.07) is 42.3. The monoisotopic (exact) mass is 878 g/mol. The molecule has 0 saturated carbocycles. The van der Waals surface area contributed by atoms with Crippen LogP contribution in [0.1, 0.15) is 40.7 Å². The fraction of sp³-hybridized carbons (Fsp3) is 0.143. The molecule has 5 nitrogen and oxygen atoms in total. The van der Waals surface area contributed by atoms with E-state index in [4.69, 9.17) is 4.98 Å². The van der Waals surface area contributed by atoms with Gasteiger partial charge in [0.05, 0.1) is 33.3 Å². The maximum absolute atomic E-state index is 12.2. The number of phenolic OH excluding ortho intramolecular Hbond substituents is 1. The Morgan fingerprint density at radius 3 is 1.27 bits per heavy atom. The molecule has 0 aliphatic rings. The van der Waals surface area contributed by atoms with Crippen molar-refractivity contribution in [2.75, 3.05) is 23.7 Å². The van der Waals surface area contributed by atoms with E-state index >= 15 is 0 Å². The first-order valence-electron chi connectivity index (χ1n) is 19.6. The second-order valence-electron chi connectivity index (χ2n) is 14.4. The zero-order chi connectivity index (χ0) is 43.7. The van der Waals surface area contributed by atoms with Crippen molar-refractivity contribution in [3.8, 4) is 26.9 Å². The van der Waals surface area contributed by atoms with Gasteiger partial charge < -0.3 is 15.7 Å². The van der Waals surface area contributed by atoms with E-state index in [1.807, 2.05) is 72.8 Å². The molecule has 0 amide bonds. The molecular formula is C49H40F6N4OS2. The molecule has 0 aliphatic heterocycles. The third-order valence-electron chi connectivity index (χ3n) is 9.46. The van der Waals surface area contributed by atoms with Crippen LogP contribution in [-0.2, 0) is 0 Å². The number of hydrogen-bond acceptors (Lipinski definition) is 7. The van der Waals surface area contributed by atoms with Crippen molar-refractivity contribution in [3.63, 3.8) is 0 Å². The molecule has 6 aromatic carbocycles. The lowest BCUT2D eigenvalue weighted by Gasteiger charge is -2.09. The van der Waals surface area contributed by atoms with Crippen LogP contribution < -0.4 is 10.6 Å². The molecule has 62 heavy (non-hydrogen) atoms. The van der Waals surface area contributed by atoms with E-state index in [-0.39, 0.29) is 18.8 Å². The molecule has 0 atom stereocenters. The van der Waals surface area contributed by atoms with Gasteiger partial charge in [0, 0.05) is 35.6 Å². The fourth-order valence-corrected chi connectivity index (χ4v) is 8.25. The Hall–Kier alpha value is -6.44. The van der Waals surface area contributed by atoms with Crippen LogP contribution in [0.3, 0.4) is 0 Å². The van der Waals surface area contributed by atoms with Gasteiger partial charge in [-0.2, -0.15) is 26.3 Å². The molecule has 8 rings (SSSR count). The number of phenols is 1. The Balaban J connectivity index is 0.000000186. The molecule has 8 aromatic rings. The van der Waals surface area contributed by atoms with Gasteiger partial charge in [-0.25, -0.2) is 9.97 Å². The molecule has 0 bridgehead atoms. The zero-order valence-corrected chi connectivity index (χ0v) is 34.9. The fourth-order valence-electron chi connectivity index (χ4n) is 6.17. The summed E-state index contributed by atoms with van der Waals surface area (Å²) in [7, 11) is 0. The normalized spacial score (nSPS) is 12.0. The number of halogens is 6. The average Bonchev–Trinajstić information content (AvgIpc) is 3.87. The van der Waals surface area contributed by atoms with Crippen molar-refractivity contribution in [3.05, 3.63) is 161 Å². The van der Waals surface area contributed by atoms with Gasteiger partial charge in [0.25, 0.3) is 0 Å². The van der Waals surface area contributed by atoms with Gasteiger partial charge in [-0.3, -0.25) is 0 Å². The quantitative estimate of drug-likeness (QED) is 0.0842. The number of nitrogens with one attached hydrogen (secondary N) is 2. The molecule has 0 radical (unpaired) electrons. The Morgan fingerprint density at radius 1 is 0.500 bits per heavy atom. The van der Waals surface area contributed by atoms with Crippen LogP contribution in [0, 0.1) is 6.92 Å². The highest BCUT2D eigenvalue weighted by molar-refractivity contribution is 7.22. The minimum Gasteiger partial charge on any atom is -0.508 e.